The highest BCUT2D eigenvalue weighted by atomic mass is 16.3. The van der Waals surface area contributed by atoms with Crippen LogP contribution in [0.3, 0.4) is 0 Å². The minimum atomic E-state index is -1.01. The molecule has 0 aliphatic carbocycles. The zero-order valence-corrected chi connectivity index (χ0v) is 12.0. The molecule has 6 nitrogen and oxygen atoms in total. The van der Waals surface area contributed by atoms with E-state index in [-0.39, 0.29) is 5.91 Å². The second kappa shape index (κ2) is 8.60. The lowest BCUT2D eigenvalue weighted by molar-refractivity contribution is -0.120. The van der Waals surface area contributed by atoms with Gasteiger partial charge in [-0.15, -0.1) is 0 Å². The Labute approximate surface area is 119 Å². The van der Waals surface area contributed by atoms with Gasteiger partial charge in [0.2, 0.25) is 5.91 Å². The van der Waals surface area contributed by atoms with Crippen LogP contribution in [0.15, 0.2) is 12.4 Å². The summed E-state index contributed by atoms with van der Waals surface area (Å²) in [5.74, 6) is -0.255. The topological polar surface area (TPSA) is 95.3 Å². The first-order valence-electron chi connectivity index (χ1n) is 6.92. The molecule has 0 fully saturated rings. The van der Waals surface area contributed by atoms with Crippen molar-refractivity contribution in [2.45, 2.75) is 51.7 Å². The van der Waals surface area contributed by atoms with Gasteiger partial charge in [0.05, 0.1) is 30.1 Å². The summed E-state index contributed by atoms with van der Waals surface area (Å²) in [6.07, 6.45) is 5.79. The molecule has 0 saturated carbocycles. The number of hydrogen-bond acceptors (Lipinski definition) is 5. The van der Waals surface area contributed by atoms with Gasteiger partial charge in [0.15, 0.2) is 0 Å². The first-order valence-corrected chi connectivity index (χ1v) is 6.92. The van der Waals surface area contributed by atoms with Gasteiger partial charge in [-0.2, -0.15) is 0 Å². The number of aliphatic hydroxyl groups excluding tert-OH is 2. The number of nitrogens with zero attached hydrogens (tertiary/aromatic N) is 2. The third kappa shape index (κ3) is 5.63. The highest BCUT2D eigenvalue weighted by Gasteiger charge is 2.20. The zero-order valence-electron chi connectivity index (χ0n) is 12.0. The molecule has 0 saturated heterocycles. The van der Waals surface area contributed by atoms with Gasteiger partial charge in [0.25, 0.3) is 0 Å². The van der Waals surface area contributed by atoms with E-state index in [1.807, 2.05) is 0 Å². The van der Waals surface area contributed by atoms with E-state index in [0.717, 1.165) is 25.0 Å². The van der Waals surface area contributed by atoms with Crippen molar-refractivity contribution in [3.05, 3.63) is 23.8 Å². The van der Waals surface area contributed by atoms with Crippen LogP contribution in [-0.2, 0) is 17.6 Å². The molecule has 2 atom stereocenters. The number of unbranched alkanes of at least 4 members (excludes halogenated alkanes) is 1. The van der Waals surface area contributed by atoms with Crippen molar-refractivity contribution >= 4 is 5.91 Å². The Morgan fingerprint density at radius 2 is 2.00 bits per heavy atom. The third-order valence-electron chi connectivity index (χ3n) is 3.01. The molecule has 6 heteroatoms. The fourth-order valence-corrected chi connectivity index (χ4v) is 1.87. The fraction of sp³-hybridized carbons (Fsp3) is 0.643. The summed E-state index contributed by atoms with van der Waals surface area (Å²) in [5.41, 5.74) is 1.62. The second-order valence-corrected chi connectivity index (χ2v) is 4.86. The number of aromatic nitrogens is 2. The van der Waals surface area contributed by atoms with Gasteiger partial charge in [0, 0.05) is 25.7 Å². The van der Waals surface area contributed by atoms with Crippen molar-refractivity contribution in [2.24, 2.45) is 0 Å². The van der Waals surface area contributed by atoms with E-state index in [1.165, 1.54) is 6.92 Å². The van der Waals surface area contributed by atoms with E-state index in [9.17, 15) is 9.90 Å². The summed E-state index contributed by atoms with van der Waals surface area (Å²) in [4.78, 5) is 19.7. The Hall–Kier alpha value is -1.53. The SMILES string of the molecule is CCCCc1cnc(C[C@H](NC(C)=O)[C@H](O)CO)cn1. The number of nitrogens with one attached hydrogen (secondary N) is 1. The summed E-state index contributed by atoms with van der Waals surface area (Å²) in [6.45, 7) is 3.08. The van der Waals surface area contributed by atoms with E-state index in [1.54, 1.807) is 12.4 Å². The highest BCUT2D eigenvalue weighted by Crippen LogP contribution is 2.06. The lowest BCUT2D eigenvalue weighted by Gasteiger charge is -2.21. The number of aliphatic hydroxyl groups is 2. The lowest BCUT2D eigenvalue weighted by atomic mass is 10.1. The molecule has 0 spiro atoms. The standard InChI is InChI=1S/C14H23N3O3/c1-3-4-5-11-7-16-12(8-15-11)6-13(14(20)9-18)17-10(2)19/h7-8,13-14,18,20H,3-6,9H2,1-2H3,(H,17,19)/t13-,14+/m0/s1. The summed E-state index contributed by atoms with van der Waals surface area (Å²) in [7, 11) is 0. The maximum atomic E-state index is 11.1. The molecule has 1 rings (SSSR count). The van der Waals surface area contributed by atoms with Crippen molar-refractivity contribution in [1.29, 1.82) is 0 Å². The van der Waals surface area contributed by atoms with Crippen LogP contribution in [-0.4, -0.2) is 44.8 Å². The lowest BCUT2D eigenvalue weighted by Crippen LogP contribution is -2.45. The summed E-state index contributed by atoms with van der Waals surface area (Å²) < 4.78 is 0. The molecule has 112 valence electrons. The predicted molar refractivity (Wildman–Crippen MR) is 75.0 cm³/mol. The van der Waals surface area contributed by atoms with Crippen molar-refractivity contribution in [3.63, 3.8) is 0 Å². The van der Waals surface area contributed by atoms with Gasteiger partial charge < -0.3 is 15.5 Å². The van der Waals surface area contributed by atoms with Gasteiger partial charge in [-0.3, -0.25) is 14.8 Å². The van der Waals surface area contributed by atoms with Crippen LogP contribution in [0.1, 0.15) is 38.1 Å². The largest absolute Gasteiger partial charge is 0.394 e. The molecule has 0 unspecified atom stereocenters. The molecule has 0 aromatic carbocycles. The van der Waals surface area contributed by atoms with E-state index in [2.05, 4.69) is 22.2 Å². The molecule has 0 bridgehead atoms. The molecular weight excluding hydrogens is 258 g/mol. The van der Waals surface area contributed by atoms with E-state index < -0.39 is 18.8 Å². The van der Waals surface area contributed by atoms with Crippen LogP contribution in [0.2, 0.25) is 0 Å². The van der Waals surface area contributed by atoms with Crippen LogP contribution >= 0.6 is 0 Å². The maximum absolute atomic E-state index is 11.1. The molecule has 0 aliphatic heterocycles. The smallest absolute Gasteiger partial charge is 0.217 e. The molecular formula is C14H23N3O3. The minimum Gasteiger partial charge on any atom is -0.394 e. The minimum absolute atomic E-state index is 0.255. The van der Waals surface area contributed by atoms with Crippen molar-refractivity contribution in [3.8, 4) is 0 Å². The number of hydrogen-bond donors (Lipinski definition) is 3. The maximum Gasteiger partial charge on any atom is 0.217 e. The number of rotatable bonds is 8. The summed E-state index contributed by atoms with van der Waals surface area (Å²) >= 11 is 0. The third-order valence-corrected chi connectivity index (χ3v) is 3.01. The Balaban J connectivity index is 2.65. The first kappa shape index (κ1) is 16.5. The Morgan fingerprint density at radius 1 is 1.35 bits per heavy atom. The van der Waals surface area contributed by atoms with Crippen LogP contribution in [0.4, 0.5) is 0 Å². The number of aryl methyl sites for hydroxylation is 1. The van der Waals surface area contributed by atoms with E-state index in [4.69, 9.17) is 5.11 Å². The Bertz CT molecular complexity index is 409. The Morgan fingerprint density at radius 3 is 2.50 bits per heavy atom. The second-order valence-electron chi connectivity index (χ2n) is 4.86. The van der Waals surface area contributed by atoms with Crippen molar-refractivity contribution in [1.82, 2.24) is 15.3 Å². The number of carbonyl (C=O) groups excluding carboxylic acids is 1. The van der Waals surface area contributed by atoms with Crippen LogP contribution in [0.5, 0.6) is 0 Å². The van der Waals surface area contributed by atoms with Crippen LogP contribution in [0, 0.1) is 0 Å². The quantitative estimate of drug-likeness (QED) is 0.633. The van der Waals surface area contributed by atoms with Gasteiger partial charge >= 0.3 is 0 Å². The van der Waals surface area contributed by atoms with Gasteiger partial charge in [0.1, 0.15) is 0 Å². The van der Waals surface area contributed by atoms with Crippen LogP contribution < -0.4 is 5.32 Å². The molecule has 1 amide bonds. The molecule has 1 aromatic rings. The molecule has 0 radical (unpaired) electrons. The highest BCUT2D eigenvalue weighted by molar-refractivity contribution is 5.73. The van der Waals surface area contributed by atoms with E-state index >= 15 is 0 Å². The van der Waals surface area contributed by atoms with Crippen LogP contribution in [0.25, 0.3) is 0 Å². The van der Waals surface area contributed by atoms with Crippen molar-refractivity contribution in [2.75, 3.05) is 6.61 Å². The van der Waals surface area contributed by atoms with Gasteiger partial charge in [-0.1, -0.05) is 13.3 Å². The monoisotopic (exact) mass is 281 g/mol. The average Bonchev–Trinajstić information content (AvgIpc) is 2.44. The number of carbonyl (C=O) groups is 1. The Kier molecular flexibility index (Phi) is 7.11. The molecule has 1 heterocycles. The first-order chi connectivity index (χ1) is 9.56. The summed E-state index contributed by atoms with van der Waals surface area (Å²) in [6, 6.07) is -0.562. The molecule has 3 N–H and O–H groups in total. The van der Waals surface area contributed by atoms with Gasteiger partial charge in [-0.05, 0) is 12.8 Å². The number of amides is 1. The average molecular weight is 281 g/mol. The molecule has 0 aliphatic rings. The summed E-state index contributed by atoms with van der Waals surface area (Å²) in [5, 5.41) is 21.3. The predicted octanol–water partition coefficient (Wildman–Crippen LogP) is 0.220. The normalized spacial score (nSPS) is 13.8. The van der Waals surface area contributed by atoms with Crippen molar-refractivity contribution < 1.29 is 15.0 Å². The zero-order chi connectivity index (χ0) is 15.0. The van der Waals surface area contributed by atoms with Gasteiger partial charge in [-0.25, -0.2) is 0 Å². The molecule has 1 aromatic heterocycles. The van der Waals surface area contributed by atoms with E-state index in [0.29, 0.717) is 12.1 Å². The fourth-order valence-electron chi connectivity index (χ4n) is 1.87. The molecule has 20 heavy (non-hydrogen) atoms.